The monoisotopic (exact) mass is 331 g/mol. The van der Waals surface area contributed by atoms with Gasteiger partial charge in [-0.2, -0.15) is 13.2 Å². The maximum atomic E-state index is 12.6. The Balaban J connectivity index is 2.19. The van der Waals surface area contributed by atoms with Crippen LogP contribution in [0.5, 0.6) is 0 Å². The molecule has 120 valence electrons. The highest BCUT2D eigenvalue weighted by molar-refractivity contribution is 7.89. The number of hydrogen-bond donors (Lipinski definition) is 0. The number of alkyl halides is 3. The molecule has 0 aliphatic carbocycles. The third-order valence-corrected chi connectivity index (χ3v) is 4.83. The lowest BCUT2D eigenvalue weighted by Gasteiger charge is -2.22. The van der Waals surface area contributed by atoms with Gasteiger partial charge in [0.1, 0.15) is 0 Å². The van der Waals surface area contributed by atoms with Crippen molar-refractivity contribution in [1.29, 1.82) is 0 Å². The Kier molecular flexibility index (Phi) is 5.05. The van der Waals surface area contributed by atoms with Crippen LogP contribution in [0.25, 0.3) is 0 Å². The second-order valence-electron chi connectivity index (χ2n) is 5.12. The Morgan fingerprint density at radius 3 is 2.45 bits per heavy atom. The molecule has 1 heterocycles. The first kappa shape index (κ1) is 16.7. The summed E-state index contributed by atoms with van der Waals surface area (Å²) in [6.45, 7) is 1.66. The van der Waals surface area contributed by atoms with E-state index in [9.17, 15) is 22.2 Å². The molecule has 0 aromatic heterocycles. The van der Waals surface area contributed by atoms with Crippen molar-refractivity contribution >= 4 is 16.7 Å². The number of allylic oxidation sites excluding steroid dienone is 1. The third-order valence-electron chi connectivity index (χ3n) is 3.35. The first-order valence-corrected chi connectivity index (χ1v) is 7.97. The summed E-state index contributed by atoms with van der Waals surface area (Å²) in [5, 5.41) is 0. The van der Waals surface area contributed by atoms with Crippen LogP contribution in [0.1, 0.15) is 18.4 Å². The summed E-state index contributed by atoms with van der Waals surface area (Å²) in [5.74, 6) is -1.87. The van der Waals surface area contributed by atoms with Crippen LogP contribution in [0.15, 0.2) is 40.1 Å². The number of benzene rings is 1. The quantitative estimate of drug-likeness (QED) is 0.835. The molecule has 0 saturated heterocycles. The van der Waals surface area contributed by atoms with Crippen LogP contribution < -0.4 is 0 Å². The molecule has 1 atom stereocenters. The number of aryl methyl sites for hydroxylation is 1. The highest BCUT2D eigenvalue weighted by Gasteiger charge is 2.42. The second kappa shape index (κ2) is 6.64. The molecule has 3 nitrogen and oxygen atoms in total. The second-order valence-corrected chi connectivity index (χ2v) is 6.65. The van der Waals surface area contributed by atoms with Crippen molar-refractivity contribution in [2.75, 3.05) is 13.1 Å². The van der Waals surface area contributed by atoms with Crippen LogP contribution in [0.3, 0.4) is 0 Å². The maximum absolute atomic E-state index is 12.6. The van der Waals surface area contributed by atoms with Gasteiger partial charge in [-0.3, -0.25) is 4.79 Å². The maximum Gasteiger partial charge on any atom is 0.471 e. The highest BCUT2D eigenvalue weighted by Crippen LogP contribution is 2.24. The average Bonchev–Trinajstić information content (AvgIpc) is 2.71. The summed E-state index contributed by atoms with van der Waals surface area (Å²) in [5.41, 5.74) is 1.00. The van der Waals surface area contributed by atoms with Crippen molar-refractivity contribution in [1.82, 2.24) is 4.90 Å². The Morgan fingerprint density at radius 2 is 1.86 bits per heavy atom. The third kappa shape index (κ3) is 3.97. The molecule has 1 aliphatic rings. The van der Waals surface area contributed by atoms with Gasteiger partial charge in [0.25, 0.3) is 0 Å². The SMILES string of the molecule is Cc1ccc([S@](=O)C2=CCCCN(C(=O)C(F)(F)F)C2)cc1. The fraction of sp³-hybridized carbons (Fsp3) is 0.400. The lowest BCUT2D eigenvalue weighted by molar-refractivity contribution is -0.184. The molecule has 1 amide bonds. The van der Waals surface area contributed by atoms with Gasteiger partial charge in [-0.25, -0.2) is 4.21 Å². The van der Waals surface area contributed by atoms with Gasteiger partial charge < -0.3 is 4.90 Å². The Morgan fingerprint density at radius 1 is 1.23 bits per heavy atom. The van der Waals surface area contributed by atoms with Gasteiger partial charge in [0.05, 0.1) is 17.3 Å². The zero-order valence-electron chi connectivity index (χ0n) is 12.0. The van der Waals surface area contributed by atoms with Crippen LogP contribution >= 0.6 is 0 Å². The van der Waals surface area contributed by atoms with Gasteiger partial charge in [0.15, 0.2) is 0 Å². The molecule has 1 aliphatic heterocycles. The van der Waals surface area contributed by atoms with Crippen molar-refractivity contribution in [2.45, 2.75) is 30.8 Å². The topological polar surface area (TPSA) is 37.4 Å². The number of amides is 1. The first-order valence-electron chi connectivity index (χ1n) is 6.82. The van der Waals surface area contributed by atoms with Crippen LogP contribution in [-0.2, 0) is 15.6 Å². The Bertz CT molecular complexity index is 608. The van der Waals surface area contributed by atoms with Gasteiger partial charge in [-0.15, -0.1) is 0 Å². The smallest absolute Gasteiger partial charge is 0.330 e. The van der Waals surface area contributed by atoms with Gasteiger partial charge in [0.2, 0.25) is 0 Å². The summed E-state index contributed by atoms with van der Waals surface area (Å²) in [7, 11) is -1.55. The minimum atomic E-state index is -4.90. The van der Waals surface area contributed by atoms with E-state index in [0.29, 0.717) is 22.6 Å². The molecule has 0 radical (unpaired) electrons. The zero-order valence-corrected chi connectivity index (χ0v) is 12.8. The normalized spacial score (nSPS) is 17.6. The zero-order chi connectivity index (χ0) is 16.3. The van der Waals surface area contributed by atoms with Crippen LogP contribution in [-0.4, -0.2) is 34.3 Å². The van der Waals surface area contributed by atoms with E-state index < -0.39 is 22.9 Å². The first-order chi connectivity index (χ1) is 10.3. The fourth-order valence-electron chi connectivity index (χ4n) is 2.18. The van der Waals surface area contributed by atoms with Crippen LogP contribution in [0, 0.1) is 6.92 Å². The van der Waals surface area contributed by atoms with Crippen LogP contribution in [0.4, 0.5) is 13.2 Å². The van der Waals surface area contributed by atoms with Gasteiger partial charge in [-0.05, 0) is 31.9 Å². The molecule has 2 rings (SSSR count). The lowest BCUT2D eigenvalue weighted by Crippen LogP contribution is -2.42. The molecule has 0 bridgehead atoms. The van der Waals surface area contributed by atoms with Gasteiger partial charge >= 0.3 is 12.1 Å². The molecule has 0 saturated carbocycles. The molecule has 0 fully saturated rings. The summed E-state index contributed by atoms with van der Waals surface area (Å²) >= 11 is 0. The minimum absolute atomic E-state index is 0.0173. The molecule has 0 spiro atoms. The van der Waals surface area contributed by atoms with E-state index in [-0.39, 0.29) is 13.1 Å². The molecule has 1 aromatic rings. The van der Waals surface area contributed by atoms with Crippen molar-refractivity contribution < 1.29 is 22.2 Å². The number of nitrogens with zero attached hydrogens (tertiary/aromatic N) is 1. The van der Waals surface area contributed by atoms with E-state index in [1.54, 1.807) is 30.3 Å². The van der Waals surface area contributed by atoms with E-state index >= 15 is 0 Å². The predicted molar refractivity (Wildman–Crippen MR) is 77.5 cm³/mol. The average molecular weight is 331 g/mol. The lowest BCUT2D eigenvalue weighted by atomic mass is 10.2. The predicted octanol–water partition coefficient (Wildman–Crippen LogP) is 3.17. The summed E-state index contributed by atoms with van der Waals surface area (Å²) in [6, 6.07) is 6.96. The number of hydrogen-bond acceptors (Lipinski definition) is 2. The van der Waals surface area contributed by atoms with E-state index in [1.165, 1.54) is 0 Å². The van der Waals surface area contributed by atoms with E-state index in [1.807, 2.05) is 6.92 Å². The number of halogens is 3. The highest BCUT2D eigenvalue weighted by atomic mass is 32.2. The standard InChI is InChI=1S/C15H16F3NO2S/c1-11-5-7-12(8-6-11)22(21)13-4-2-3-9-19(10-13)14(20)15(16,17)18/h4-8H,2-3,9-10H2,1H3/t22-/m0/s1. The van der Waals surface area contributed by atoms with Crippen molar-refractivity contribution in [3.8, 4) is 0 Å². The minimum Gasteiger partial charge on any atom is -0.330 e. The largest absolute Gasteiger partial charge is 0.471 e. The van der Waals surface area contributed by atoms with Crippen LogP contribution in [0.2, 0.25) is 0 Å². The Labute approximate surface area is 129 Å². The van der Waals surface area contributed by atoms with Crippen molar-refractivity contribution in [3.63, 3.8) is 0 Å². The van der Waals surface area contributed by atoms with Gasteiger partial charge in [-0.1, -0.05) is 23.8 Å². The van der Waals surface area contributed by atoms with Gasteiger partial charge in [0, 0.05) is 16.3 Å². The summed E-state index contributed by atoms with van der Waals surface area (Å²) < 4.78 is 50.2. The summed E-state index contributed by atoms with van der Waals surface area (Å²) in [4.78, 5) is 13.0. The molecular weight excluding hydrogens is 315 g/mol. The van der Waals surface area contributed by atoms with E-state index in [0.717, 1.165) is 10.5 Å². The number of carbonyl (C=O) groups excluding carboxylic acids is 1. The van der Waals surface area contributed by atoms with Crippen molar-refractivity contribution in [3.05, 3.63) is 40.8 Å². The molecule has 22 heavy (non-hydrogen) atoms. The van der Waals surface area contributed by atoms with E-state index in [4.69, 9.17) is 0 Å². The number of rotatable bonds is 2. The molecule has 0 N–H and O–H groups in total. The van der Waals surface area contributed by atoms with Crippen molar-refractivity contribution in [2.24, 2.45) is 0 Å². The Hall–Kier alpha value is -1.63. The fourth-order valence-corrected chi connectivity index (χ4v) is 3.41. The molecule has 7 heteroatoms. The molecular formula is C15H16F3NO2S. The van der Waals surface area contributed by atoms with E-state index in [2.05, 4.69) is 0 Å². The molecule has 1 aromatic carbocycles. The number of carbonyl (C=O) groups is 1. The molecule has 0 unspecified atom stereocenters. The summed E-state index contributed by atoms with van der Waals surface area (Å²) in [6.07, 6.45) is -2.29.